The van der Waals surface area contributed by atoms with Crippen LogP contribution in [0.4, 0.5) is 4.79 Å². The van der Waals surface area contributed by atoms with Crippen LogP contribution in [-0.2, 0) is 9.53 Å². The van der Waals surface area contributed by atoms with E-state index < -0.39 is 5.97 Å². The fourth-order valence-electron chi connectivity index (χ4n) is 1.68. The number of carboxylic acids is 1. The minimum atomic E-state index is -0.800. The SMILES string of the molecule is CCOCCNC(=O)N1CC(C(C)C(=O)O)C1. The van der Waals surface area contributed by atoms with Gasteiger partial charge in [0.25, 0.3) is 0 Å². The molecule has 2 amide bonds. The van der Waals surface area contributed by atoms with Gasteiger partial charge in [0.05, 0.1) is 12.5 Å². The number of urea groups is 1. The maximum absolute atomic E-state index is 11.5. The fraction of sp³-hybridized carbons (Fsp3) is 0.818. The monoisotopic (exact) mass is 244 g/mol. The maximum Gasteiger partial charge on any atom is 0.317 e. The first-order chi connectivity index (χ1) is 8.06. The van der Waals surface area contributed by atoms with Gasteiger partial charge in [-0.1, -0.05) is 6.92 Å². The average Bonchev–Trinajstić information content (AvgIpc) is 2.22. The summed E-state index contributed by atoms with van der Waals surface area (Å²) in [5, 5.41) is 11.5. The van der Waals surface area contributed by atoms with Crippen LogP contribution in [0.3, 0.4) is 0 Å². The molecule has 0 saturated carbocycles. The van der Waals surface area contributed by atoms with E-state index in [1.54, 1.807) is 11.8 Å². The van der Waals surface area contributed by atoms with Crippen molar-refractivity contribution in [2.24, 2.45) is 11.8 Å². The summed E-state index contributed by atoms with van der Waals surface area (Å²) in [6.07, 6.45) is 0. The Morgan fingerprint density at radius 1 is 1.53 bits per heavy atom. The molecule has 0 radical (unpaired) electrons. The lowest BCUT2D eigenvalue weighted by Gasteiger charge is -2.41. The van der Waals surface area contributed by atoms with E-state index in [2.05, 4.69) is 5.32 Å². The lowest BCUT2D eigenvalue weighted by Crippen LogP contribution is -2.56. The molecule has 98 valence electrons. The van der Waals surface area contributed by atoms with E-state index in [0.717, 1.165) is 0 Å². The molecule has 1 atom stereocenters. The van der Waals surface area contributed by atoms with Crippen LogP contribution in [0, 0.1) is 11.8 Å². The fourth-order valence-corrected chi connectivity index (χ4v) is 1.68. The summed E-state index contributed by atoms with van der Waals surface area (Å²) < 4.78 is 5.10. The van der Waals surface area contributed by atoms with Crippen molar-refractivity contribution in [3.05, 3.63) is 0 Å². The van der Waals surface area contributed by atoms with Crippen LogP contribution in [0.5, 0.6) is 0 Å². The first-order valence-electron chi connectivity index (χ1n) is 5.89. The van der Waals surface area contributed by atoms with Gasteiger partial charge in [-0.3, -0.25) is 4.79 Å². The summed E-state index contributed by atoms with van der Waals surface area (Å²) >= 11 is 0. The Labute approximate surface area is 101 Å². The molecule has 1 rings (SSSR count). The van der Waals surface area contributed by atoms with Gasteiger partial charge in [-0.15, -0.1) is 0 Å². The first kappa shape index (κ1) is 13.8. The topological polar surface area (TPSA) is 78.9 Å². The average molecular weight is 244 g/mol. The van der Waals surface area contributed by atoms with Crippen LogP contribution in [0.1, 0.15) is 13.8 Å². The van der Waals surface area contributed by atoms with Crippen LogP contribution in [0.25, 0.3) is 0 Å². The number of likely N-dealkylation sites (tertiary alicyclic amines) is 1. The highest BCUT2D eigenvalue weighted by Crippen LogP contribution is 2.23. The molecule has 1 aliphatic heterocycles. The number of carbonyl (C=O) groups excluding carboxylic acids is 1. The van der Waals surface area contributed by atoms with Gasteiger partial charge < -0.3 is 20.1 Å². The van der Waals surface area contributed by atoms with Crippen molar-refractivity contribution >= 4 is 12.0 Å². The largest absolute Gasteiger partial charge is 0.481 e. The predicted molar refractivity (Wildman–Crippen MR) is 61.8 cm³/mol. The zero-order chi connectivity index (χ0) is 12.8. The number of hydrogen-bond donors (Lipinski definition) is 2. The number of nitrogens with zero attached hydrogens (tertiary/aromatic N) is 1. The van der Waals surface area contributed by atoms with Gasteiger partial charge in [0.2, 0.25) is 0 Å². The van der Waals surface area contributed by atoms with Gasteiger partial charge in [0, 0.05) is 32.2 Å². The minimum Gasteiger partial charge on any atom is -0.481 e. The minimum absolute atomic E-state index is 0.0742. The van der Waals surface area contributed by atoms with E-state index >= 15 is 0 Å². The van der Waals surface area contributed by atoms with Crippen molar-refractivity contribution in [3.63, 3.8) is 0 Å². The molecule has 6 nitrogen and oxygen atoms in total. The molecule has 17 heavy (non-hydrogen) atoms. The molecule has 0 aromatic rings. The number of ether oxygens (including phenoxy) is 1. The van der Waals surface area contributed by atoms with Crippen LogP contribution in [0.15, 0.2) is 0 Å². The van der Waals surface area contributed by atoms with Gasteiger partial charge >= 0.3 is 12.0 Å². The highest BCUT2D eigenvalue weighted by molar-refractivity contribution is 5.76. The van der Waals surface area contributed by atoms with Crippen molar-refractivity contribution in [2.45, 2.75) is 13.8 Å². The highest BCUT2D eigenvalue weighted by atomic mass is 16.5. The van der Waals surface area contributed by atoms with Crippen LogP contribution in [-0.4, -0.2) is 54.9 Å². The first-order valence-corrected chi connectivity index (χ1v) is 5.89. The number of carbonyl (C=O) groups is 2. The molecule has 0 aliphatic carbocycles. The number of amides is 2. The van der Waals surface area contributed by atoms with Gasteiger partial charge in [0.15, 0.2) is 0 Å². The zero-order valence-electron chi connectivity index (χ0n) is 10.3. The number of aliphatic carboxylic acids is 1. The van der Waals surface area contributed by atoms with Gasteiger partial charge in [-0.2, -0.15) is 0 Å². The second-order valence-electron chi connectivity index (χ2n) is 4.22. The van der Waals surface area contributed by atoms with Crippen LogP contribution in [0.2, 0.25) is 0 Å². The van der Waals surface area contributed by atoms with Crippen molar-refractivity contribution in [1.82, 2.24) is 10.2 Å². The van der Waals surface area contributed by atoms with Gasteiger partial charge in [-0.25, -0.2) is 4.79 Å². The maximum atomic E-state index is 11.5. The van der Waals surface area contributed by atoms with Crippen LogP contribution < -0.4 is 5.32 Å². The van der Waals surface area contributed by atoms with E-state index in [1.807, 2.05) is 6.92 Å². The summed E-state index contributed by atoms with van der Waals surface area (Å²) in [7, 11) is 0. The lowest BCUT2D eigenvalue weighted by molar-refractivity contribution is -0.144. The molecular formula is C11H20N2O4. The third-order valence-corrected chi connectivity index (χ3v) is 3.02. The molecule has 2 N–H and O–H groups in total. The zero-order valence-corrected chi connectivity index (χ0v) is 10.3. The van der Waals surface area contributed by atoms with E-state index in [9.17, 15) is 9.59 Å². The Bertz CT molecular complexity index is 277. The molecule has 1 aliphatic rings. The second kappa shape index (κ2) is 6.44. The van der Waals surface area contributed by atoms with Gasteiger partial charge in [-0.05, 0) is 6.92 Å². The van der Waals surface area contributed by atoms with E-state index in [0.29, 0.717) is 32.8 Å². The van der Waals surface area contributed by atoms with E-state index in [1.165, 1.54) is 0 Å². The Balaban J connectivity index is 2.14. The smallest absolute Gasteiger partial charge is 0.317 e. The standard InChI is InChI=1S/C11H20N2O4/c1-3-17-5-4-12-11(16)13-6-9(7-13)8(2)10(14)15/h8-9H,3-7H2,1-2H3,(H,12,16)(H,14,15). The molecule has 0 aromatic carbocycles. The molecule has 0 bridgehead atoms. The molecule has 1 saturated heterocycles. The third-order valence-electron chi connectivity index (χ3n) is 3.02. The molecule has 1 heterocycles. The summed E-state index contributed by atoms with van der Waals surface area (Å²) in [5.41, 5.74) is 0. The number of nitrogens with one attached hydrogen (secondary N) is 1. The summed E-state index contributed by atoms with van der Waals surface area (Å²) in [4.78, 5) is 23.9. The van der Waals surface area contributed by atoms with Crippen molar-refractivity contribution < 1.29 is 19.4 Å². The molecular weight excluding hydrogens is 224 g/mol. The number of carboxylic acid groups (broad SMARTS) is 1. The summed E-state index contributed by atoms with van der Waals surface area (Å²) in [6, 6.07) is -0.140. The van der Waals surface area contributed by atoms with Gasteiger partial charge in [0.1, 0.15) is 0 Å². The Hall–Kier alpha value is -1.30. The van der Waals surface area contributed by atoms with Crippen molar-refractivity contribution in [1.29, 1.82) is 0 Å². The molecule has 0 aromatic heterocycles. The Morgan fingerprint density at radius 3 is 2.71 bits per heavy atom. The van der Waals surface area contributed by atoms with E-state index in [4.69, 9.17) is 9.84 Å². The molecule has 1 unspecified atom stereocenters. The summed E-state index contributed by atoms with van der Waals surface area (Å²) in [6.45, 7) is 6.25. The predicted octanol–water partition coefficient (Wildman–Crippen LogP) is 0.385. The highest BCUT2D eigenvalue weighted by Gasteiger charge is 2.36. The van der Waals surface area contributed by atoms with Crippen molar-refractivity contribution in [2.75, 3.05) is 32.8 Å². The number of rotatable bonds is 6. The van der Waals surface area contributed by atoms with Crippen molar-refractivity contribution in [3.8, 4) is 0 Å². The third kappa shape index (κ3) is 3.89. The summed E-state index contributed by atoms with van der Waals surface area (Å²) in [5.74, 6) is -1.11. The molecule has 0 spiro atoms. The Morgan fingerprint density at radius 2 is 2.18 bits per heavy atom. The van der Waals surface area contributed by atoms with Crippen LogP contribution >= 0.6 is 0 Å². The quantitative estimate of drug-likeness (QED) is 0.662. The molecule has 6 heteroatoms. The normalized spacial score (nSPS) is 17.4. The Kier molecular flexibility index (Phi) is 5.21. The lowest BCUT2D eigenvalue weighted by atomic mass is 9.87. The number of hydrogen-bond acceptors (Lipinski definition) is 3. The molecule has 1 fully saturated rings. The van der Waals surface area contributed by atoms with E-state index in [-0.39, 0.29) is 17.9 Å². The second-order valence-corrected chi connectivity index (χ2v) is 4.22.